The number of rotatable bonds is 6. The normalized spacial score (nSPS) is 16.4. The van der Waals surface area contributed by atoms with Gasteiger partial charge in [-0.25, -0.2) is 0 Å². The summed E-state index contributed by atoms with van der Waals surface area (Å²) in [4.78, 5) is 15.5. The van der Waals surface area contributed by atoms with Crippen molar-refractivity contribution in [1.29, 1.82) is 0 Å². The second-order valence-electron chi connectivity index (χ2n) is 4.86. The van der Waals surface area contributed by atoms with Crippen LogP contribution in [0.25, 0.3) is 0 Å². The maximum Gasteiger partial charge on any atom is 0.132 e. The molecule has 0 spiro atoms. The van der Waals surface area contributed by atoms with E-state index >= 15 is 0 Å². The van der Waals surface area contributed by atoms with Crippen molar-refractivity contribution in [1.82, 2.24) is 0 Å². The molecule has 0 aromatic heterocycles. The van der Waals surface area contributed by atoms with Gasteiger partial charge in [-0.2, -0.15) is 0 Å². The fourth-order valence-electron chi connectivity index (χ4n) is 1.70. The summed E-state index contributed by atoms with van der Waals surface area (Å²) >= 11 is 4.24. The molecule has 112 valence electrons. The van der Waals surface area contributed by atoms with E-state index in [1.54, 1.807) is 13.0 Å². The maximum absolute atomic E-state index is 10.4. The molecule has 0 aliphatic heterocycles. The average Bonchev–Trinajstić information content (AvgIpc) is 2.32. The third-order valence-electron chi connectivity index (χ3n) is 3.21. The molecule has 2 nitrogen and oxygen atoms in total. The van der Waals surface area contributed by atoms with Gasteiger partial charge in [0.05, 0.1) is 0 Å². The second kappa shape index (κ2) is 11.7. The lowest BCUT2D eigenvalue weighted by Gasteiger charge is -2.21. The van der Waals surface area contributed by atoms with Crippen LogP contribution >= 0.6 is 12.6 Å². The highest BCUT2D eigenvalue weighted by Gasteiger charge is 2.20. The van der Waals surface area contributed by atoms with Crippen LogP contribution in [0.5, 0.6) is 0 Å². The number of Topliss-reactive ketones (excluding diaryl/α,β-unsaturated/α-hetero) is 1. The lowest BCUT2D eigenvalue weighted by Crippen LogP contribution is -2.18. The first-order valence-electron chi connectivity index (χ1n) is 7.21. The summed E-state index contributed by atoms with van der Waals surface area (Å²) in [5, 5.41) is 0. The van der Waals surface area contributed by atoms with Gasteiger partial charge in [0.15, 0.2) is 0 Å². The van der Waals surface area contributed by atoms with E-state index < -0.39 is 0 Å². The van der Waals surface area contributed by atoms with Crippen molar-refractivity contribution < 1.29 is 4.79 Å². The molecule has 0 aromatic carbocycles. The predicted molar refractivity (Wildman–Crippen MR) is 92.7 cm³/mol. The van der Waals surface area contributed by atoms with Crippen molar-refractivity contribution in [3.05, 3.63) is 35.8 Å². The minimum atomic E-state index is 0.381. The van der Waals surface area contributed by atoms with Gasteiger partial charge in [-0.1, -0.05) is 32.4 Å². The van der Waals surface area contributed by atoms with Crippen molar-refractivity contribution in [2.45, 2.75) is 46.0 Å². The lowest BCUT2D eigenvalue weighted by atomic mass is 9.83. The van der Waals surface area contributed by atoms with E-state index in [9.17, 15) is 4.79 Å². The fourth-order valence-corrected chi connectivity index (χ4v) is 1.88. The Morgan fingerprint density at radius 3 is 2.35 bits per heavy atom. The molecule has 3 heteroatoms. The van der Waals surface area contributed by atoms with Crippen molar-refractivity contribution >= 4 is 24.1 Å². The topological polar surface area (TPSA) is 29.4 Å². The second-order valence-corrected chi connectivity index (χ2v) is 5.38. The van der Waals surface area contributed by atoms with Gasteiger partial charge >= 0.3 is 0 Å². The van der Waals surface area contributed by atoms with Crippen LogP contribution in [-0.4, -0.2) is 18.5 Å². The Morgan fingerprint density at radius 1 is 1.40 bits per heavy atom. The van der Waals surface area contributed by atoms with Crippen molar-refractivity contribution in [3.8, 4) is 0 Å². The summed E-state index contributed by atoms with van der Waals surface area (Å²) in [6.45, 7) is 7.42. The predicted octanol–water partition coefficient (Wildman–Crippen LogP) is 4.79. The van der Waals surface area contributed by atoms with Crippen LogP contribution in [0, 0.1) is 5.92 Å². The van der Waals surface area contributed by atoms with E-state index in [0.29, 0.717) is 11.7 Å². The van der Waals surface area contributed by atoms with E-state index in [1.165, 1.54) is 6.42 Å². The Hall–Kier alpha value is -1.09. The largest absolute Gasteiger partial charge is 0.300 e. The molecular formula is C17H27NOS. The van der Waals surface area contributed by atoms with E-state index in [4.69, 9.17) is 0 Å². The molecule has 0 N–H and O–H groups in total. The molecule has 1 rings (SSSR count). The van der Waals surface area contributed by atoms with Crippen LogP contribution in [0.3, 0.4) is 0 Å². The van der Waals surface area contributed by atoms with E-state index in [0.717, 1.165) is 36.3 Å². The van der Waals surface area contributed by atoms with Crippen LogP contribution in [0.4, 0.5) is 0 Å². The highest BCUT2D eigenvalue weighted by Crippen LogP contribution is 2.26. The molecule has 20 heavy (non-hydrogen) atoms. The van der Waals surface area contributed by atoms with Gasteiger partial charge in [-0.05, 0) is 44.4 Å². The Kier molecular flexibility index (Phi) is 11.1. The average molecular weight is 293 g/mol. The zero-order chi connectivity index (χ0) is 15.4. The van der Waals surface area contributed by atoms with Gasteiger partial charge in [-0.15, -0.1) is 12.6 Å². The monoisotopic (exact) mass is 293 g/mol. The van der Waals surface area contributed by atoms with Crippen molar-refractivity contribution in [3.63, 3.8) is 0 Å². The Morgan fingerprint density at radius 2 is 2.05 bits per heavy atom. The van der Waals surface area contributed by atoms with E-state index in [1.807, 2.05) is 25.3 Å². The Labute approximate surface area is 129 Å². The van der Waals surface area contributed by atoms with Gasteiger partial charge in [0, 0.05) is 23.6 Å². The molecule has 0 radical (unpaired) electrons. The van der Waals surface area contributed by atoms with Crippen LogP contribution in [-0.2, 0) is 4.79 Å². The summed E-state index contributed by atoms with van der Waals surface area (Å²) in [6.07, 6.45) is 13.2. The van der Waals surface area contributed by atoms with Gasteiger partial charge in [0.2, 0.25) is 0 Å². The van der Waals surface area contributed by atoms with Crippen molar-refractivity contribution in [2.24, 2.45) is 10.9 Å². The lowest BCUT2D eigenvalue weighted by molar-refractivity contribution is -0.122. The SMILES string of the molecule is C=C/C=C(S)/C=C/C(CCC)=NC.CC(=O)C1CCC1. The number of hydrogen-bond donors (Lipinski definition) is 1. The molecule has 0 unspecified atom stereocenters. The molecule has 1 fully saturated rings. The number of nitrogens with zero attached hydrogens (tertiary/aromatic N) is 1. The van der Waals surface area contributed by atoms with Gasteiger partial charge in [-0.3, -0.25) is 9.79 Å². The fraction of sp³-hybridized carbons (Fsp3) is 0.529. The smallest absolute Gasteiger partial charge is 0.132 e. The van der Waals surface area contributed by atoms with Crippen LogP contribution in [0.2, 0.25) is 0 Å². The standard InChI is InChI=1S/C11H17NS.C6H10O/c1-4-6-10(12-3)8-9-11(13)7-5-2;1-5(7)6-3-2-4-6/h5,7-9,13H,2,4,6H2,1,3H3;6H,2-4H2,1H3/b9-8+,11-7-,12-10?;. The van der Waals surface area contributed by atoms with Gasteiger partial charge in [0.1, 0.15) is 5.78 Å². The Balaban J connectivity index is 0.000000428. The van der Waals surface area contributed by atoms with Crippen LogP contribution in [0.15, 0.2) is 40.8 Å². The molecule has 1 aliphatic rings. The first-order valence-corrected chi connectivity index (χ1v) is 7.65. The summed E-state index contributed by atoms with van der Waals surface area (Å²) < 4.78 is 0. The highest BCUT2D eigenvalue weighted by atomic mass is 32.1. The minimum Gasteiger partial charge on any atom is -0.300 e. The van der Waals surface area contributed by atoms with Crippen LogP contribution < -0.4 is 0 Å². The molecule has 0 bridgehead atoms. The number of carbonyl (C=O) groups is 1. The number of allylic oxidation sites excluding steroid dienone is 4. The number of aliphatic imine (C=N–C) groups is 1. The quantitative estimate of drug-likeness (QED) is 0.426. The number of hydrogen-bond acceptors (Lipinski definition) is 3. The molecule has 0 saturated heterocycles. The molecule has 0 aromatic rings. The van der Waals surface area contributed by atoms with Gasteiger partial charge < -0.3 is 0 Å². The molecule has 1 saturated carbocycles. The molecule has 1 aliphatic carbocycles. The minimum absolute atomic E-state index is 0.381. The zero-order valence-electron chi connectivity index (χ0n) is 12.9. The number of carbonyl (C=O) groups excluding carboxylic acids is 1. The number of ketones is 1. The molecule has 0 amide bonds. The van der Waals surface area contributed by atoms with E-state index in [2.05, 4.69) is 31.1 Å². The van der Waals surface area contributed by atoms with Crippen molar-refractivity contribution in [2.75, 3.05) is 7.05 Å². The summed E-state index contributed by atoms with van der Waals surface area (Å²) in [5.74, 6) is 0.825. The highest BCUT2D eigenvalue weighted by molar-refractivity contribution is 7.84. The first kappa shape index (κ1) is 18.9. The van der Waals surface area contributed by atoms with E-state index in [-0.39, 0.29) is 0 Å². The molecule has 0 heterocycles. The number of thiol groups is 1. The third-order valence-corrected chi connectivity index (χ3v) is 3.51. The Bertz CT molecular complexity index is 390. The first-order chi connectivity index (χ1) is 9.54. The summed E-state index contributed by atoms with van der Waals surface area (Å²) in [5.41, 5.74) is 1.10. The zero-order valence-corrected chi connectivity index (χ0v) is 13.8. The molecule has 0 atom stereocenters. The summed E-state index contributed by atoms with van der Waals surface area (Å²) in [6, 6.07) is 0. The summed E-state index contributed by atoms with van der Waals surface area (Å²) in [7, 11) is 1.81. The molecular weight excluding hydrogens is 266 g/mol. The maximum atomic E-state index is 10.4. The van der Waals surface area contributed by atoms with Gasteiger partial charge in [0.25, 0.3) is 0 Å². The third kappa shape index (κ3) is 8.92. The van der Waals surface area contributed by atoms with Crippen LogP contribution in [0.1, 0.15) is 46.0 Å².